The molecule has 0 radical (unpaired) electrons. The molecule has 23 heavy (non-hydrogen) atoms. The van der Waals surface area contributed by atoms with E-state index in [0.29, 0.717) is 5.56 Å². The van der Waals surface area contributed by atoms with E-state index in [-0.39, 0.29) is 12.8 Å². The first kappa shape index (κ1) is 18.6. The van der Waals surface area contributed by atoms with Crippen LogP contribution in [0.3, 0.4) is 0 Å². The van der Waals surface area contributed by atoms with E-state index in [4.69, 9.17) is 0 Å². The zero-order chi connectivity index (χ0) is 17.4. The molecule has 1 N–H and O–H groups in total. The number of methoxy groups -OCH3 is 2. The van der Waals surface area contributed by atoms with Crippen molar-refractivity contribution >= 4 is 17.8 Å². The highest BCUT2D eigenvalue weighted by atomic mass is 19.1. The van der Waals surface area contributed by atoms with Crippen LogP contribution in [0.4, 0.5) is 4.39 Å². The van der Waals surface area contributed by atoms with Gasteiger partial charge in [0.1, 0.15) is 11.9 Å². The average molecular weight is 325 g/mol. The van der Waals surface area contributed by atoms with Crippen LogP contribution in [-0.2, 0) is 30.3 Å². The Balaban J connectivity index is 2.72. The Labute approximate surface area is 134 Å². The maximum atomic E-state index is 12.8. The Morgan fingerprint density at radius 3 is 2.26 bits per heavy atom. The van der Waals surface area contributed by atoms with Crippen LogP contribution in [0.5, 0.6) is 0 Å². The molecule has 0 saturated carbocycles. The van der Waals surface area contributed by atoms with E-state index >= 15 is 0 Å². The van der Waals surface area contributed by atoms with E-state index in [1.54, 1.807) is 6.92 Å². The van der Waals surface area contributed by atoms with E-state index < -0.39 is 35.6 Å². The van der Waals surface area contributed by atoms with Gasteiger partial charge in [0.15, 0.2) is 0 Å². The highest BCUT2D eigenvalue weighted by molar-refractivity contribution is 5.86. The zero-order valence-electron chi connectivity index (χ0n) is 13.3. The number of halogens is 1. The summed E-state index contributed by atoms with van der Waals surface area (Å²) in [5, 5.41) is 2.55. The van der Waals surface area contributed by atoms with E-state index in [2.05, 4.69) is 14.8 Å². The fraction of sp³-hybridized carbons (Fsp3) is 0.438. The van der Waals surface area contributed by atoms with Crippen molar-refractivity contribution in [3.63, 3.8) is 0 Å². The van der Waals surface area contributed by atoms with Gasteiger partial charge in [-0.05, 0) is 23.6 Å². The zero-order valence-corrected chi connectivity index (χ0v) is 13.3. The molecule has 0 bridgehead atoms. The van der Waals surface area contributed by atoms with Crippen molar-refractivity contribution in [3.8, 4) is 0 Å². The minimum absolute atomic E-state index is 0.0152. The van der Waals surface area contributed by atoms with Gasteiger partial charge in [-0.2, -0.15) is 0 Å². The number of hydrogen-bond acceptors (Lipinski definition) is 5. The molecular formula is C16H20FNO5. The molecule has 6 nitrogen and oxygen atoms in total. The van der Waals surface area contributed by atoms with Crippen molar-refractivity contribution in [3.05, 3.63) is 35.6 Å². The first-order chi connectivity index (χ1) is 10.9. The van der Waals surface area contributed by atoms with Gasteiger partial charge in [-0.3, -0.25) is 9.59 Å². The van der Waals surface area contributed by atoms with Gasteiger partial charge < -0.3 is 14.8 Å². The predicted octanol–water partition coefficient (Wildman–Crippen LogP) is 1.23. The summed E-state index contributed by atoms with van der Waals surface area (Å²) in [4.78, 5) is 35.2. The van der Waals surface area contributed by atoms with Crippen LogP contribution in [0.15, 0.2) is 24.3 Å². The van der Waals surface area contributed by atoms with Gasteiger partial charge in [0.25, 0.3) is 0 Å². The third kappa shape index (κ3) is 6.06. The van der Waals surface area contributed by atoms with Gasteiger partial charge in [-0.25, -0.2) is 9.18 Å². The van der Waals surface area contributed by atoms with Gasteiger partial charge in [-0.15, -0.1) is 0 Å². The molecule has 0 unspecified atom stereocenters. The topological polar surface area (TPSA) is 81.7 Å². The fourth-order valence-corrected chi connectivity index (χ4v) is 2.04. The summed E-state index contributed by atoms with van der Waals surface area (Å²) in [6.07, 6.45) is -0.0498. The van der Waals surface area contributed by atoms with Crippen molar-refractivity contribution in [2.24, 2.45) is 5.92 Å². The van der Waals surface area contributed by atoms with Crippen molar-refractivity contribution < 1.29 is 28.2 Å². The van der Waals surface area contributed by atoms with Crippen LogP contribution in [0, 0.1) is 11.7 Å². The number of nitrogens with one attached hydrogen (secondary N) is 1. The molecule has 0 spiro atoms. The first-order valence-corrected chi connectivity index (χ1v) is 7.05. The monoisotopic (exact) mass is 325 g/mol. The number of carbonyl (C=O) groups excluding carboxylic acids is 3. The second kappa shape index (κ2) is 8.87. The SMILES string of the molecule is COC(=O)C[C@@H](C)[C@@H](NC(=O)Cc1ccc(F)cc1)C(=O)OC. The van der Waals surface area contributed by atoms with Crippen LogP contribution in [0.2, 0.25) is 0 Å². The lowest BCUT2D eigenvalue weighted by Gasteiger charge is -2.22. The lowest BCUT2D eigenvalue weighted by atomic mass is 9.98. The third-order valence-corrected chi connectivity index (χ3v) is 3.33. The highest BCUT2D eigenvalue weighted by Gasteiger charge is 2.29. The second-order valence-electron chi connectivity index (χ2n) is 5.13. The number of hydrogen-bond donors (Lipinski definition) is 1. The van der Waals surface area contributed by atoms with E-state index in [0.717, 1.165) is 0 Å². The molecule has 0 fully saturated rings. The lowest BCUT2D eigenvalue weighted by Crippen LogP contribution is -2.46. The maximum Gasteiger partial charge on any atom is 0.328 e. The molecule has 0 heterocycles. The van der Waals surface area contributed by atoms with Gasteiger partial charge >= 0.3 is 11.9 Å². The molecular weight excluding hydrogens is 305 g/mol. The molecule has 1 amide bonds. The number of amides is 1. The Hall–Kier alpha value is -2.44. The molecule has 1 rings (SSSR count). The quantitative estimate of drug-likeness (QED) is 0.763. The van der Waals surface area contributed by atoms with E-state index in [9.17, 15) is 18.8 Å². The summed E-state index contributed by atoms with van der Waals surface area (Å²) >= 11 is 0. The van der Waals surface area contributed by atoms with Crippen LogP contribution in [0.1, 0.15) is 18.9 Å². The molecule has 0 aliphatic heterocycles. The summed E-state index contributed by atoms with van der Waals surface area (Å²) < 4.78 is 22.1. The summed E-state index contributed by atoms with van der Waals surface area (Å²) in [6, 6.07) is 4.51. The van der Waals surface area contributed by atoms with Crippen LogP contribution in [-0.4, -0.2) is 38.1 Å². The number of carbonyl (C=O) groups is 3. The minimum Gasteiger partial charge on any atom is -0.469 e. The Morgan fingerprint density at radius 2 is 1.74 bits per heavy atom. The molecule has 1 aromatic carbocycles. The highest BCUT2D eigenvalue weighted by Crippen LogP contribution is 2.12. The van der Waals surface area contributed by atoms with Gasteiger partial charge in [-0.1, -0.05) is 19.1 Å². The van der Waals surface area contributed by atoms with Gasteiger partial charge in [0, 0.05) is 0 Å². The average Bonchev–Trinajstić information content (AvgIpc) is 2.53. The molecule has 0 aliphatic carbocycles. The summed E-state index contributed by atoms with van der Waals surface area (Å²) in [5.41, 5.74) is 0.605. The van der Waals surface area contributed by atoms with Crippen LogP contribution < -0.4 is 5.32 Å². The molecule has 7 heteroatoms. The van der Waals surface area contributed by atoms with Crippen molar-refractivity contribution in [1.29, 1.82) is 0 Å². The number of ether oxygens (including phenoxy) is 2. The Bertz CT molecular complexity index is 558. The first-order valence-electron chi connectivity index (χ1n) is 7.05. The predicted molar refractivity (Wildman–Crippen MR) is 79.8 cm³/mol. The number of rotatable bonds is 7. The van der Waals surface area contributed by atoms with E-state index in [1.807, 2.05) is 0 Å². The Morgan fingerprint density at radius 1 is 1.13 bits per heavy atom. The molecule has 1 aromatic rings. The molecule has 0 aromatic heterocycles. The normalized spacial score (nSPS) is 12.9. The van der Waals surface area contributed by atoms with Crippen molar-refractivity contribution in [2.45, 2.75) is 25.8 Å². The Kier molecular flexibility index (Phi) is 7.18. The lowest BCUT2D eigenvalue weighted by molar-refractivity contribution is -0.148. The summed E-state index contributed by atoms with van der Waals surface area (Å²) in [7, 11) is 2.45. The number of esters is 2. The van der Waals surface area contributed by atoms with Gasteiger partial charge in [0.05, 0.1) is 27.1 Å². The molecule has 0 aliphatic rings. The second-order valence-corrected chi connectivity index (χ2v) is 5.13. The molecule has 2 atom stereocenters. The van der Waals surface area contributed by atoms with Crippen molar-refractivity contribution in [2.75, 3.05) is 14.2 Å². The van der Waals surface area contributed by atoms with Gasteiger partial charge in [0.2, 0.25) is 5.91 Å². The molecule has 0 saturated heterocycles. The van der Waals surface area contributed by atoms with Crippen molar-refractivity contribution in [1.82, 2.24) is 5.32 Å². The van der Waals surface area contributed by atoms with Crippen LogP contribution >= 0.6 is 0 Å². The molecule has 126 valence electrons. The number of benzene rings is 1. The summed E-state index contributed by atoms with van der Waals surface area (Å²) in [6.45, 7) is 1.64. The standard InChI is InChI=1S/C16H20FNO5/c1-10(8-14(20)22-2)15(16(21)23-3)18-13(19)9-11-4-6-12(17)7-5-11/h4-7,10,15H,8-9H2,1-3H3,(H,18,19)/t10-,15-/m1/s1. The fourth-order valence-electron chi connectivity index (χ4n) is 2.04. The van der Waals surface area contributed by atoms with Crippen LogP contribution in [0.25, 0.3) is 0 Å². The van der Waals surface area contributed by atoms with E-state index in [1.165, 1.54) is 38.5 Å². The minimum atomic E-state index is -0.966. The largest absolute Gasteiger partial charge is 0.469 e. The summed E-state index contributed by atoms with van der Waals surface area (Å²) in [5.74, 6) is -2.45. The smallest absolute Gasteiger partial charge is 0.328 e. The third-order valence-electron chi connectivity index (χ3n) is 3.33. The maximum absolute atomic E-state index is 12.8.